The third-order valence-electron chi connectivity index (χ3n) is 3.09. The summed E-state index contributed by atoms with van der Waals surface area (Å²) in [5, 5.41) is 10.4. The molecule has 5 nitrogen and oxygen atoms in total. The first kappa shape index (κ1) is 17.0. The first-order valence-electron chi connectivity index (χ1n) is 7.48. The zero-order valence-corrected chi connectivity index (χ0v) is 14.1. The zero-order chi connectivity index (χ0) is 16.7. The van der Waals surface area contributed by atoms with Crippen LogP contribution in [0.3, 0.4) is 0 Å². The van der Waals surface area contributed by atoms with Crippen molar-refractivity contribution in [1.29, 1.82) is 0 Å². The van der Waals surface area contributed by atoms with Gasteiger partial charge >= 0.3 is 6.03 Å². The molecule has 0 aliphatic rings. The molecule has 0 radical (unpaired) electrons. The molecule has 0 aliphatic carbocycles. The fraction of sp³-hybridized carbons (Fsp3) is 0.294. The molecule has 2 rings (SSSR count). The molecule has 122 valence electrons. The number of nitrogens with one attached hydrogen (secondary N) is 3. The van der Waals surface area contributed by atoms with Gasteiger partial charge < -0.3 is 16.0 Å². The van der Waals surface area contributed by atoms with E-state index in [1.807, 2.05) is 43.5 Å². The van der Waals surface area contributed by atoms with Gasteiger partial charge in [-0.2, -0.15) is 0 Å². The van der Waals surface area contributed by atoms with Crippen molar-refractivity contribution in [2.45, 2.75) is 33.0 Å². The summed E-state index contributed by atoms with van der Waals surface area (Å²) in [6, 6.07) is 11.1. The Labute approximate surface area is 140 Å². The van der Waals surface area contributed by atoms with E-state index < -0.39 is 0 Å². The van der Waals surface area contributed by atoms with E-state index in [4.69, 9.17) is 0 Å². The maximum atomic E-state index is 12.1. The molecule has 0 bridgehead atoms. The molecule has 0 atom stereocenters. The molecule has 3 N–H and O–H groups in total. The van der Waals surface area contributed by atoms with Crippen LogP contribution in [0, 0.1) is 0 Å². The zero-order valence-electron chi connectivity index (χ0n) is 13.3. The van der Waals surface area contributed by atoms with Gasteiger partial charge in [0.05, 0.1) is 6.54 Å². The van der Waals surface area contributed by atoms with Gasteiger partial charge in [-0.15, -0.1) is 11.3 Å². The number of hydrogen-bond donors (Lipinski definition) is 3. The number of benzene rings is 1. The molecule has 1 heterocycles. The number of thiophene rings is 1. The summed E-state index contributed by atoms with van der Waals surface area (Å²) in [5.41, 5.74) is 1.55. The highest BCUT2D eigenvalue weighted by molar-refractivity contribution is 7.09. The van der Waals surface area contributed by atoms with Crippen molar-refractivity contribution in [3.05, 3.63) is 57.8 Å². The average Bonchev–Trinajstić information content (AvgIpc) is 3.04. The largest absolute Gasteiger partial charge is 0.347 e. The summed E-state index contributed by atoms with van der Waals surface area (Å²) >= 11 is 1.62. The molecule has 0 aliphatic heterocycles. The summed E-state index contributed by atoms with van der Waals surface area (Å²) in [7, 11) is 0. The molecule has 1 aromatic carbocycles. The first-order valence-corrected chi connectivity index (χ1v) is 8.36. The molecule has 2 aromatic rings. The lowest BCUT2D eigenvalue weighted by Gasteiger charge is -2.10. The number of carbonyl (C=O) groups is 2. The van der Waals surface area contributed by atoms with Crippen molar-refractivity contribution >= 4 is 23.3 Å². The van der Waals surface area contributed by atoms with Crippen LogP contribution in [0.15, 0.2) is 41.8 Å². The Bertz CT molecular complexity index is 636. The maximum Gasteiger partial charge on any atom is 0.315 e. The molecule has 23 heavy (non-hydrogen) atoms. The van der Waals surface area contributed by atoms with Crippen LogP contribution in [0.5, 0.6) is 0 Å². The van der Waals surface area contributed by atoms with Gasteiger partial charge in [0.25, 0.3) is 5.91 Å². The van der Waals surface area contributed by atoms with Crippen LogP contribution in [0.1, 0.15) is 34.6 Å². The minimum absolute atomic E-state index is 0.101. The fourth-order valence-electron chi connectivity index (χ4n) is 1.95. The van der Waals surface area contributed by atoms with Gasteiger partial charge in [0.2, 0.25) is 0 Å². The molecule has 6 heteroatoms. The van der Waals surface area contributed by atoms with E-state index >= 15 is 0 Å². The summed E-state index contributed by atoms with van der Waals surface area (Å²) in [4.78, 5) is 24.7. The van der Waals surface area contributed by atoms with Crippen LogP contribution >= 0.6 is 11.3 Å². The molecule has 0 saturated heterocycles. The lowest BCUT2D eigenvalue weighted by Crippen LogP contribution is -2.39. The maximum absolute atomic E-state index is 12.1. The number of carbonyl (C=O) groups excluding carboxylic acids is 2. The predicted octanol–water partition coefficient (Wildman–Crippen LogP) is 2.89. The second-order valence-electron chi connectivity index (χ2n) is 5.44. The third kappa shape index (κ3) is 5.75. The Kier molecular flexibility index (Phi) is 6.17. The van der Waals surface area contributed by atoms with Gasteiger partial charge in [-0.05, 0) is 43.0 Å². The highest BCUT2D eigenvalue weighted by Crippen LogP contribution is 2.09. The standard InChI is InChI=1S/C17H21N3O2S/c1-12(2)20-17(22)19-10-13-5-7-14(8-6-13)16(21)18-11-15-4-3-9-23-15/h3-9,12H,10-11H2,1-2H3,(H,18,21)(H2,19,20,22). The Morgan fingerprint density at radius 1 is 1.04 bits per heavy atom. The van der Waals surface area contributed by atoms with Crippen molar-refractivity contribution in [3.8, 4) is 0 Å². The molecular weight excluding hydrogens is 310 g/mol. The Hall–Kier alpha value is -2.34. The van der Waals surface area contributed by atoms with Crippen LogP contribution in [0.2, 0.25) is 0 Å². The Morgan fingerprint density at radius 2 is 1.78 bits per heavy atom. The topological polar surface area (TPSA) is 70.2 Å². The van der Waals surface area contributed by atoms with Gasteiger partial charge in [-0.25, -0.2) is 4.79 Å². The Morgan fingerprint density at radius 3 is 2.39 bits per heavy atom. The number of urea groups is 1. The van der Waals surface area contributed by atoms with Gasteiger partial charge in [-0.3, -0.25) is 4.79 Å². The van der Waals surface area contributed by atoms with Gasteiger partial charge in [0.1, 0.15) is 0 Å². The summed E-state index contributed by atoms with van der Waals surface area (Å²) in [6.45, 7) is 4.77. The highest BCUT2D eigenvalue weighted by Gasteiger charge is 2.06. The highest BCUT2D eigenvalue weighted by atomic mass is 32.1. The normalized spacial score (nSPS) is 10.4. The van der Waals surface area contributed by atoms with E-state index in [9.17, 15) is 9.59 Å². The molecular formula is C17H21N3O2S. The van der Waals surface area contributed by atoms with Crippen molar-refractivity contribution in [2.24, 2.45) is 0 Å². The van der Waals surface area contributed by atoms with Crippen LogP contribution in [-0.2, 0) is 13.1 Å². The molecule has 0 saturated carbocycles. The van der Waals surface area contributed by atoms with E-state index in [1.54, 1.807) is 23.5 Å². The predicted molar refractivity (Wildman–Crippen MR) is 92.4 cm³/mol. The second kappa shape index (κ2) is 8.33. The number of rotatable bonds is 6. The van der Waals surface area contributed by atoms with Gasteiger partial charge in [0.15, 0.2) is 0 Å². The van der Waals surface area contributed by atoms with E-state index in [-0.39, 0.29) is 18.0 Å². The molecule has 1 aromatic heterocycles. The van der Waals surface area contributed by atoms with Gasteiger partial charge in [0, 0.05) is 23.0 Å². The van der Waals surface area contributed by atoms with E-state index in [0.717, 1.165) is 10.4 Å². The summed E-state index contributed by atoms with van der Waals surface area (Å²) in [6.07, 6.45) is 0. The average molecular weight is 331 g/mol. The van der Waals surface area contributed by atoms with Crippen molar-refractivity contribution in [2.75, 3.05) is 0 Å². The summed E-state index contributed by atoms with van der Waals surface area (Å²) in [5.74, 6) is -0.101. The van der Waals surface area contributed by atoms with Gasteiger partial charge in [-0.1, -0.05) is 18.2 Å². The fourth-order valence-corrected chi connectivity index (χ4v) is 2.60. The van der Waals surface area contributed by atoms with Crippen LogP contribution < -0.4 is 16.0 Å². The minimum Gasteiger partial charge on any atom is -0.347 e. The van der Waals surface area contributed by atoms with Crippen LogP contribution in [-0.4, -0.2) is 18.0 Å². The Balaban J connectivity index is 1.81. The quantitative estimate of drug-likeness (QED) is 0.762. The molecule has 0 unspecified atom stereocenters. The lowest BCUT2D eigenvalue weighted by atomic mass is 10.1. The van der Waals surface area contributed by atoms with Crippen molar-refractivity contribution < 1.29 is 9.59 Å². The molecule has 3 amide bonds. The summed E-state index contributed by atoms with van der Waals surface area (Å²) < 4.78 is 0. The van der Waals surface area contributed by atoms with Crippen LogP contribution in [0.25, 0.3) is 0 Å². The monoisotopic (exact) mass is 331 g/mol. The first-order chi connectivity index (χ1) is 11.0. The van der Waals surface area contributed by atoms with E-state index in [2.05, 4.69) is 16.0 Å². The SMILES string of the molecule is CC(C)NC(=O)NCc1ccc(C(=O)NCc2cccs2)cc1. The second-order valence-corrected chi connectivity index (χ2v) is 6.47. The van der Waals surface area contributed by atoms with Crippen LogP contribution in [0.4, 0.5) is 4.79 Å². The number of hydrogen-bond acceptors (Lipinski definition) is 3. The third-order valence-corrected chi connectivity index (χ3v) is 3.97. The molecule has 0 spiro atoms. The lowest BCUT2D eigenvalue weighted by molar-refractivity contribution is 0.0951. The smallest absolute Gasteiger partial charge is 0.315 e. The van der Waals surface area contributed by atoms with Crippen molar-refractivity contribution in [3.63, 3.8) is 0 Å². The molecule has 0 fully saturated rings. The van der Waals surface area contributed by atoms with Crippen molar-refractivity contribution in [1.82, 2.24) is 16.0 Å². The number of amides is 3. The minimum atomic E-state index is -0.197. The van der Waals surface area contributed by atoms with E-state index in [1.165, 1.54) is 0 Å². The van der Waals surface area contributed by atoms with E-state index in [0.29, 0.717) is 18.7 Å².